The van der Waals surface area contributed by atoms with Crippen LogP contribution >= 0.6 is 0 Å². The molecule has 1 heteroatoms. The van der Waals surface area contributed by atoms with Gasteiger partial charge in [-0.2, -0.15) is 0 Å². The second-order valence-corrected chi connectivity index (χ2v) is 5.36. The Balaban J connectivity index is 1.95. The average Bonchev–Trinajstić information content (AvgIpc) is 2.40. The zero-order valence-corrected chi connectivity index (χ0v) is 11.2. The zero-order chi connectivity index (χ0) is 12.1. The van der Waals surface area contributed by atoms with Crippen LogP contribution in [0, 0.1) is 5.92 Å². The van der Waals surface area contributed by atoms with Crippen molar-refractivity contribution in [3.63, 3.8) is 0 Å². The Morgan fingerprint density at radius 1 is 1.18 bits per heavy atom. The van der Waals surface area contributed by atoms with Crippen molar-refractivity contribution >= 4 is 0 Å². The minimum absolute atomic E-state index is 0.480. The first-order valence-corrected chi connectivity index (χ1v) is 7.12. The maximum atomic E-state index is 3.84. The summed E-state index contributed by atoms with van der Waals surface area (Å²) in [5, 5.41) is 3.84. The van der Waals surface area contributed by atoms with Gasteiger partial charge in [0.15, 0.2) is 0 Å². The molecule has 0 bridgehead atoms. The summed E-state index contributed by atoms with van der Waals surface area (Å²) >= 11 is 0. The Morgan fingerprint density at radius 2 is 1.88 bits per heavy atom. The third-order valence-electron chi connectivity index (χ3n) is 4.20. The van der Waals surface area contributed by atoms with Crippen LogP contribution in [0.1, 0.15) is 57.6 Å². The molecule has 1 nitrogen and oxygen atoms in total. The second-order valence-electron chi connectivity index (χ2n) is 5.36. The van der Waals surface area contributed by atoms with Crippen LogP contribution in [0.4, 0.5) is 0 Å². The lowest BCUT2D eigenvalue weighted by Crippen LogP contribution is -2.39. The van der Waals surface area contributed by atoms with Gasteiger partial charge in [0.2, 0.25) is 0 Å². The second kappa shape index (κ2) is 6.20. The third-order valence-corrected chi connectivity index (χ3v) is 4.20. The first kappa shape index (κ1) is 12.6. The van der Waals surface area contributed by atoms with E-state index in [1.165, 1.54) is 37.7 Å². The lowest BCUT2D eigenvalue weighted by molar-refractivity contribution is 0.240. The van der Waals surface area contributed by atoms with Crippen molar-refractivity contribution in [2.45, 2.75) is 58.0 Å². The van der Waals surface area contributed by atoms with Crippen LogP contribution in [0.2, 0.25) is 0 Å². The van der Waals surface area contributed by atoms with Crippen molar-refractivity contribution in [2.24, 2.45) is 5.92 Å². The standard InChI is InChI=1S/C16H25N/c1-3-14-9-7-8-12-16(14)17-13(2)15-10-5-4-6-11-15/h4-6,10-11,13-14,16-17H,3,7-9,12H2,1-2H3/t13-,14?,16?/m1/s1. The summed E-state index contributed by atoms with van der Waals surface area (Å²) in [5.74, 6) is 0.884. The average molecular weight is 231 g/mol. The van der Waals surface area contributed by atoms with Crippen molar-refractivity contribution < 1.29 is 0 Å². The number of hydrogen-bond acceptors (Lipinski definition) is 1. The molecule has 1 aliphatic carbocycles. The van der Waals surface area contributed by atoms with Gasteiger partial charge in [-0.3, -0.25) is 0 Å². The maximum absolute atomic E-state index is 3.84. The van der Waals surface area contributed by atoms with Crippen LogP contribution in [-0.2, 0) is 0 Å². The highest BCUT2D eigenvalue weighted by Crippen LogP contribution is 2.28. The molecule has 1 aromatic carbocycles. The van der Waals surface area contributed by atoms with Crippen LogP contribution in [0.3, 0.4) is 0 Å². The van der Waals surface area contributed by atoms with Crippen molar-refractivity contribution in [2.75, 3.05) is 0 Å². The lowest BCUT2D eigenvalue weighted by atomic mass is 9.82. The van der Waals surface area contributed by atoms with Gasteiger partial charge in [0.25, 0.3) is 0 Å². The molecule has 2 unspecified atom stereocenters. The molecule has 94 valence electrons. The van der Waals surface area contributed by atoms with Crippen LogP contribution in [0.25, 0.3) is 0 Å². The Bertz CT molecular complexity index is 320. The molecule has 0 aromatic heterocycles. The van der Waals surface area contributed by atoms with Gasteiger partial charge in [0.1, 0.15) is 0 Å². The molecule has 0 heterocycles. The van der Waals surface area contributed by atoms with Crippen LogP contribution in [0.5, 0.6) is 0 Å². The quantitative estimate of drug-likeness (QED) is 0.814. The van der Waals surface area contributed by atoms with Gasteiger partial charge < -0.3 is 5.32 Å². The molecule has 0 aliphatic heterocycles. The van der Waals surface area contributed by atoms with Gasteiger partial charge in [0.05, 0.1) is 0 Å². The van der Waals surface area contributed by atoms with Gasteiger partial charge >= 0.3 is 0 Å². The van der Waals surface area contributed by atoms with Crippen LogP contribution in [0.15, 0.2) is 30.3 Å². The molecule has 0 radical (unpaired) electrons. The summed E-state index contributed by atoms with van der Waals surface area (Å²) in [6.45, 7) is 4.62. The van der Waals surface area contributed by atoms with E-state index in [0.717, 1.165) is 12.0 Å². The molecule has 1 aromatic rings. The smallest absolute Gasteiger partial charge is 0.0294 e. The van der Waals surface area contributed by atoms with E-state index in [1.807, 2.05) is 0 Å². The first-order chi connectivity index (χ1) is 8.31. The molecular formula is C16H25N. The number of benzene rings is 1. The van der Waals surface area contributed by atoms with Crippen molar-refractivity contribution in [1.29, 1.82) is 0 Å². The fourth-order valence-electron chi connectivity index (χ4n) is 3.07. The highest BCUT2D eigenvalue weighted by Gasteiger charge is 2.24. The van der Waals surface area contributed by atoms with Crippen molar-refractivity contribution in [3.8, 4) is 0 Å². The van der Waals surface area contributed by atoms with E-state index < -0.39 is 0 Å². The topological polar surface area (TPSA) is 12.0 Å². The number of nitrogens with one attached hydrogen (secondary N) is 1. The van der Waals surface area contributed by atoms with Gasteiger partial charge in [-0.05, 0) is 31.2 Å². The minimum Gasteiger partial charge on any atom is -0.307 e. The predicted molar refractivity (Wildman–Crippen MR) is 74.0 cm³/mol. The molecule has 17 heavy (non-hydrogen) atoms. The molecule has 3 atom stereocenters. The molecule has 1 N–H and O–H groups in total. The predicted octanol–water partition coefficient (Wildman–Crippen LogP) is 4.31. The van der Waals surface area contributed by atoms with E-state index in [-0.39, 0.29) is 0 Å². The molecule has 1 aliphatic rings. The van der Waals surface area contributed by atoms with Gasteiger partial charge in [0, 0.05) is 12.1 Å². The monoisotopic (exact) mass is 231 g/mol. The van der Waals surface area contributed by atoms with E-state index in [0.29, 0.717) is 6.04 Å². The summed E-state index contributed by atoms with van der Waals surface area (Å²) < 4.78 is 0. The van der Waals surface area contributed by atoms with Gasteiger partial charge in [-0.15, -0.1) is 0 Å². The van der Waals surface area contributed by atoms with Crippen molar-refractivity contribution in [1.82, 2.24) is 5.32 Å². The molecule has 0 amide bonds. The summed E-state index contributed by atoms with van der Waals surface area (Å²) in [6, 6.07) is 12.0. The fraction of sp³-hybridized carbons (Fsp3) is 0.625. The minimum atomic E-state index is 0.480. The largest absolute Gasteiger partial charge is 0.307 e. The highest BCUT2D eigenvalue weighted by molar-refractivity contribution is 5.18. The normalized spacial score (nSPS) is 26.7. The van der Waals surface area contributed by atoms with Crippen molar-refractivity contribution in [3.05, 3.63) is 35.9 Å². The molecule has 2 rings (SSSR count). The van der Waals surface area contributed by atoms with Gasteiger partial charge in [-0.25, -0.2) is 0 Å². The van der Waals surface area contributed by atoms with E-state index in [4.69, 9.17) is 0 Å². The molecule has 1 fully saturated rings. The van der Waals surface area contributed by atoms with E-state index in [2.05, 4.69) is 49.5 Å². The van der Waals surface area contributed by atoms with E-state index >= 15 is 0 Å². The number of hydrogen-bond donors (Lipinski definition) is 1. The SMILES string of the molecule is CCC1CCCCC1N[C@H](C)c1ccccc1. The molecule has 1 saturated carbocycles. The van der Waals surface area contributed by atoms with Crippen LogP contribution < -0.4 is 5.32 Å². The Labute approximate surface area is 106 Å². The van der Waals surface area contributed by atoms with Gasteiger partial charge in [-0.1, -0.05) is 56.5 Å². The summed E-state index contributed by atoms with van der Waals surface area (Å²) in [7, 11) is 0. The molecular weight excluding hydrogens is 206 g/mol. The molecule has 0 spiro atoms. The van der Waals surface area contributed by atoms with E-state index in [9.17, 15) is 0 Å². The summed E-state index contributed by atoms with van der Waals surface area (Å²) in [4.78, 5) is 0. The van der Waals surface area contributed by atoms with E-state index in [1.54, 1.807) is 0 Å². The summed E-state index contributed by atoms with van der Waals surface area (Å²) in [5.41, 5.74) is 1.41. The molecule has 0 saturated heterocycles. The number of rotatable bonds is 4. The zero-order valence-electron chi connectivity index (χ0n) is 11.2. The summed E-state index contributed by atoms with van der Waals surface area (Å²) in [6.07, 6.45) is 6.91. The highest BCUT2D eigenvalue weighted by atomic mass is 15.0. The Kier molecular flexibility index (Phi) is 4.61. The Hall–Kier alpha value is -0.820. The first-order valence-electron chi connectivity index (χ1n) is 7.12. The maximum Gasteiger partial charge on any atom is 0.0294 e. The Morgan fingerprint density at radius 3 is 2.59 bits per heavy atom. The van der Waals surface area contributed by atoms with Crippen LogP contribution in [-0.4, -0.2) is 6.04 Å². The lowest BCUT2D eigenvalue weighted by Gasteiger charge is -2.34. The fourth-order valence-corrected chi connectivity index (χ4v) is 3.07. The third kappa shape index (κ3) is 3.32.